The van der Waals surface area contributed by atoms with E-state index in [1.54, 1.807) is 7.11 Å². The molecule has 178 valence electrons. The Morgan fingerprint density at radius 3 is 2.70 bits per heavy atom. The van der Waals surface area contributed by atoms with Gasteiger partial charge in [-0.05, 0) is 121 Å². The maximum absolute atomic E-state index is 10.0. The van der Waals surface area contributed by atoms with Crippen LogP contribution in [0, 0.1) is 29.1 Å². The molecule has 0 aromatic heterocycles. The fourth-order valence-corrected chi connectivity index (χ4v) is 7.91. The van der Waals surface area contributed by atoms with Crippen molar-refractivity contribution in [3.05, 3.63) is 53.1 Å². The number of aryl methyl sites for hydroxylation is 1. The zero-order valence-corrected chi connectivity index (χ0v) is 20.8. The Hall–Kier alpha value is -2.16. The number of aromatic hydroxyl groups is 1. The lowest BCUT2D eigenvalue weighted by molar-refractivity contribution is 0.000862. The molecule has 2 fully saturated rings. The van der Waals surface area contributed by atoms with Crippen LogP contribution in [0.3, 0.4) is 0 Å². The molecule has 0 spiro atoms. The molecule has 0 radical (unpaired) electrons. The van der Waals surface area contributed by atoms with Crippen molar-refractivity contribution in [2.24, 2.45) is 29.1 Å². The Morgan fingerprint density at radius 1 is 1.06 bits per heavy atom. The highest BCUT2D eigenvalue weighted by atomic mass is 16.5. The molecule has 2 aromatic rings. The van der Waals surface area contributed by atoms with Crippen LogP contribution in [-0.4, -0.2) is 18.8 Å². The quantitative estimate of drug-likeness (QED) is 0.510. The van der Waals surface area contributed by atoms with E-state index >= 15 is 0 Å². The van der Waals surface area contributed by atoms with Crippen LogP contribution >= 0.6 is 0 Å². The maximum atomic E-state index is 10.0. The van der Waals surface area contributed by atoms with Gasteiger partial charge in [-0.15, -0.1) is 0 Å². The zero-order valence-electron chi connectivity index (χ0n) is 20.8. The molecule has 33 heavy (non-hydrogen) atoms. The number of hydrogen-bond acceptors (Lipinski definition) is 3. The minimum absolute atomic E-state index is 0.418. The molecule has 0 amide bonds. The molecule has 3 aliphatic carbocycles. The summed E-state index contributed by atoms with van der Waals surface area (Å²) in [6.07, 6.45) is 8.52. The van der Waals surface area contributed by atoms with Crippen LogP contribution in [-0.2, 0) is 12.8 Å². The number of fused-ring (bicyclic) bond motifs is 5. The van der Waals surface area contributed by atoms with Crippen molar-refractivity contribution in [1.82, 2.24) is 0 Å². The SMILES string of the molecule is CCc1ccc(OCC[C@H]2CCC3C4C(C)Cc5cc(O)ccc5C4CCC32C)c(OC)c1. The molecular weight excluding hydrogens is 408 g/mol. The molecule has 5 rings (SSSR count). The lowest BCUT2D eigenvalue weighted by Crippen LogP contribution is -2.45. The Bertz CT molecular complexity index is 998. The third-order valence-corrected chi connectivity index (χ3v) is 9.61. The van der Waals surface area contributed by atoms with Gasteiger partial charge in [-0.3, -0.25) is 0 Å². The summed E-state index contributed by atoms with van der Waals surface area (Å²) in [4.78, 5) is 0. The molecule has 0 heterocycles. The molecule has 2 aromatic carbocycles. The summed E-state index contributed by atoms with van der Waals surface area (Å²) in [5, 5.41) is 10.0. The van der Waals surface area contributed by atoms with Crippen LogP contribution in [0.25, 0.3) is 0 Å². The van der Waals surface area contributed by atoms with Crippen molar-refractivity contribution in [2.75, 3.05) is 13.7 Å². The van der Waals surface area contributed by atoms with Crippen LogP contribution in [0.5, 0.6) is 17.2 Å². The lowest BCUT2D eigenvalue weighted by Gasteiger charge is -2.53. The topological polar surface area (TPSA) is 38.7 Å². The Morgan fingerprint density at radius 2 is 1.91 bits per heavy atom. The first-order chi connectivity index (χ1) is 15.9. The third kappa shape index (κ3) is 3.92. The van der Waals surface area contributed by atoms with Gasteiger partial charge in [0, 0.05) is 0 Å². The second kappa shape index (κ2) is 8.89. The monoisotopic (exact) mass is 448 g/mol. The highest BCUT2D eigenvalue weighted by Gasteiger charge is 2.55. The molecule has 3 aliphatic rings. The number of hydrogen-bond donors (Lipinski definition) is 1. The number of phenols is 1. The van der Waals surface area contributed by atoms with Crippen molar-refractivity contribution in [1.29, 1.82) is 0 Å². The normalized spacial score (nSPS) is 32.5. The second-order valence-corrected chi connectivity index (χ2v) is 11.1. The van der Waals surface area contributed by atoms with Crippen LogP contribution in [0.4, 0.5) is 0 Å². The van der Waals surface area contributed by atoms with E-state index in [0.717, 1.165) is 55.1 Å². The van der Waals surface area contributed by atoms with Gasteiger partial charge in [0.05, 0.1) is 13.7 Å². The van der Waals surface area contributed by atoms with Gasteiger partial charge in [-0.2, -0.15) is 0 Å². The predicted molar refractivity (Wildman–Crippen MR) is 133 cm³/mol. The standard InChI is InChI=1S/C30H40O3/c1-5-20-6-11-27(28(17-20)32-4)33-15-13-22-7-10-26-29-19(2)16-21-18-23(31)8-9-24(21)25(29)12-14-30(22,26)3/h6,8-9,11,17-19,22,25-26,29,31H,5,7,10,12-16H2,1-4H3/t19?,22-,25?,26?,29?,30?/m1/s1. The summed E-state index contributed by atoms with van der Waals surface area (Å²) in [6, 6.07) is 12.5. The summed E-state index contributed by atoms with van der Waals surface area (Å²) in [5.74, 6) is 5.80. The minimum Gasteiger partial charge on any atom is -0.508 e. The molecule has 0 saturated heterocycles. The summed E-state index contributed by atoms with van der Waals surface area (Å²) >= 11 is 0. The molecule has 0 bridgehead atoms. The summed E-state index contributed by atoms with van der Waals surface area (Å²) in [6.45, 7) is 7.97. The fourth-order valence-electron chi connectivity index (χ4n) is 7.91. The molecule has 3 heteroatoms. The third-order valence-electron chi connectivity index (χ3n) is 9.61. The molecule has 1 N–H and O–H groups in total. The van der Waals surface area contributed by atoms with Crippen molar-refractivity contribution in [2.45, 2.75) is 71.6 Å². The molecule has 2 saturated carbocycles. The first-order valence-corrected chi connectivity index (χ1v) is 13.1. The van der Waals surface area contributed by atoms with E-state index in [4.69, 9.17) is 9.47 Å². The summed E-state index contributed by atoms with van der Waals surface area (Å²) in [5.41, 5.74) is 4.61. The largest absolute Gasteiger partial charge is 0.508 e. The molecule has 0 aliphatic heterocycles. The molecule has 3 nitrogen and oxygen atoms in total. The lowest BCUT2D eigenvalue weighted by atomic mass is 9.51. The van der Waals surface area contributed by atoms with Crippen LogP contribution in [0.2, 0.25) is 0 Å². The summed E-state index contributed by atoms with van der Waals surface area (Å²) in [7, 11) is 1.73. The van der Waals surface area contributed by atoms with E-state index in [-0.39, 0.29) is 0 Å². The van der Waals surface area contributed by atoms with E-state index < -0.39 is 0 Å². The number of rotatable bonds is 6. The van der Waals surface area contributed by atoms with Gasteiger partial charge in [0.25, 0.3) is 0 Å². The molecule has 5 unspecified atom stereocenters. The average Bonchev–Trinajstić information content (AvgIpc) is 3.15. The van der Waals surface area contributed by atoms with Gasteiger partial charge in [0.1, 0.15) is 5.75 Å². The Kier molecular flexibility index (Phi) is 6.09. The Balaban J connectivity index is 1.28. The van der Waals surface area contributed by atoms with E-state index in [0.29, 0.717) is 23.0 Å². The van der Waals surface area contributed by atoms with Crippen LogP contribution in [0.15, 0.2) is 36.4 Å². The van der Waals surface area contributed by atoms with Gasteiger partial charge < -0.3 is 14.6 Å². The number of ether oxygens (including phenoxy) is 2. The first kappa shape index (κ1) is 22.6. The van der Waals surface area contributed by atoms with E-state index in [9.17, 15) is 5.11 Å². The zero-order chi connectivity index (χ0) is 23.2. The van der Waals surface area contributed by atoms with E-state index in [1.807, 2.05) is 12.1 Å². The van der Waals surface area contributed by atoms with Crippen molar-refractivity contribution in [3.63, 3.8) is 0 Å². The van der Waals surface area contributed by atoms with Crippen molar-refractivity contribution in [3.8, 4) is 17.2 Å². The van der Waals surface area contributed by atoms with Gasteiger partial charge in [-0.1, -0.05) is 32.9 Å². The number of benzene rings is 2. The highest BCUT2D eigenvalue weighted by Crippen LogP contribution is 2.64. The van der Waals surface area contributed by atoms with E-state index in [2.05, 4.69) is 45.0 Å². The van der Waals surface area contributed by atoms with Gasteiger partial charge in [0.2, 0.25) is 0 Å². The van der Waals surface area contributed by atoms with Crippen molar-refractivity contribution >= 4 is 0 Å². The number of methoxy groups -OCH3 is 1. The Labute approximate surface area is 199 Å². The first-order valence-electron chi connectivity index (χ1n) is 13.1. The van der Waals surface area contributed by atoms with Gasteiger partial charge in [-0.25, -0.2) is 0 Å². The average molecular weight is 449 g/mol. The second-order valence-electron chi connectivity index (χ2n) is 11.1. The van der Waals surface area contributed by atoms with Crippen LogP contribution < -0.4 is 9.47 Å². The van der Waals surface area contributed by atoms with Crippen molar-refractivity contribution < 1.29 is 14.6 Å². The smallest absolute Gasteiger partial charge is 0.161 e. The highest BCUT2D eigenvalue weighted by molar-refractivity contribution is 5.43. The van der Waals surface area contributed by atoms with Crippen LogP contribution in [0.1, 0.15) is 75.5 Å². The molecular formula is C30H40O3. The molecule has 6 atom stereocenters. The fraction of sp³-hybridized carbons (Fsp3) is 0.600. The minimum atomic E-state index is 0.418. The van der Waals surface area contributed by atoms with Gasteiger partial charge >= 0.3 is 0 Å². The maximum Gasteiger partial charge on any atom is 0.161 e. The summed E-state index contributed by atoms with van der Waals surface area (Å²) < 4.78 is 11.8. The van der Waals surface area contributed by atoms with E-state index in [1.165, 1.54) is 42.4 Å². The predicted octanol–water partition coefficient (Wildman–Crippen LogP) is 7.15. The van der Waals surface area contributed by atoms with Gasteiger partial charge in [0.15, 0.2) is 11.5 Å². The number of phenolic OH excluding ortho intramolecular Hbond substituents is 1.